The van der Waals surface area contributed by atoms with Gasteiger partial charge in [0.2, 0.25) is 0 Å². The van der Waals surface area contributed by atoms with Gasteiger partial charge in [-0.1, -0.05) is 29.8 Å². The molecule has 0 aliphatic carbocycles. The highest BCUT2D eigenvalue weighted by molar-refractivity contribution is 7.80. The van der Waals surface area contributed by atoms with Crippen molar-refractivity contribution in [2.24, 2.45) is 0 Å². The van der Waals surface area contributed by atoms with Gasteiger partial charge in [0.1, 0.15) is 0 Å². The molecule has 0 aromatic heterocycles. The lowest BCUT2D eigenvalue weighted by Crippen LogP contribution is -2.51. The van der Waals surface area contributed by atoms with Crippen LogP contribution in [0.25, 0.3) is 0 Å². The molecule has 0 radical (unpaired) electrons. The Hall–Kier alpha value is -1.10. The molecule has 3 nitrogen and oxygen atoms in total. The Morgan fingerprint density at radius 3 is 2.50 bits per heavy atom. The van der Waals surface area contributed by atoms with Crippen LogP contribution in [0.15, 0.2) is 36.9 Å². The number of thiocarbonyl (C=S) groups is 1. The molecule has 1 aliphatic rings. The van der Waals surface area contributed by atoms with Gasteiger partial charge in [0.15, 0.2) is 5.11 Å². The summed E-state index contributed by atoms with van der Waals surface area (Å²) in [6.07, 6.45) is 1.82. The van der Waals surface area contributed by atoms with Gasteiger partial charge in [-0.3, -0.25) is 4.90 Å². The van der Waals surface area contributed by atoms with E-state index < -0.39 is 0 Å². The molecule has 108 valence electrons. The monoisotopic (exact) mass is 309 g/mol. The molecule has 0 amide bonds. The van der Waals surface area contributed by atoms with Crippen LogP contribution in [-0.2, 0) is 6.54 Å². The van der Waals surface area contributed by atoms with E-state index >= 15 is 0 Å². The molecular formula is C15H20ClN3S. The number of hydrogen-bond donors (Lipinski definition) is 1. The first-order valence-corrected chi connectivity index (χ1v) is 7.58. The first-order valence-electron chi connectivity index (χ1n) is 6.79. The highest BCUT2D eigenvalue weighted by atomic mass is 35.5. The number of benzene rings is 1. The van der Waals surface area contributed by atoms with Gasteiger partial charge in [0.25, 0.3) is 0 Å². The molecule has 5 heteroatoms. The smallest absolute Gasteiger partial charge is 0.169 e. The van der Waals surface area contributed by atoms with Gasteiger partial charge in [-0.2, -0.15) is 0 Å². The Morgan fingerprint density at radius 2 is 1.90 bits per heavy atom. The van der Waals surface area contributed by atoms with Gasteiger partial charge in [0.05, 0.1) is 0 Å². The predicted molar refractivity (Wildman–Crippen MR) is 89.1 cm³/mol. The van der Waals surface area contributed by atoms with Crippen molar-refractivity contribution >= 4 is 28.9 Å². The number of nitrogens with zero attached hydrogens (tertiary/aromatic N) is 2. The molecule has 0 spiro atoms. The maximum Gasteiger partial charge on any atom is 0.169 e. The Bertz CT molecular complexity index is 453. The fraction of sp³-hybridized carbons (Fsp3) is 0.400. The van der Waals surface area contributed by atoms with E-state index in [1.807, 2.05) is 18.2 Å². The highest BCUT2D eigenvalue weighted by Gasteiger charge is 2.18. The van der Waals surface area contributed by atoms with Crippen molar-refractivity contribution in [3.05, 3.63) is 47.5 Å². The van der Waals surface area contributed by atoms with Crippen molar-refractivity contribution in [1.29, 1.82) is 0 Å². The Balaban J connectivity index is 1.78. The van der Waals surface area contributed by atoms with Crippen molar-refractivity contribution in [3.63, 3.8) is 0 Å². The number of hydrogen-bond acceptors (Lipinski definition) is 2. The SMILES string of the molecule is C=CCNC(=S)N1CCN(Cc2ccc(Cl)cc2)CC1. The normalized spacial score (nSPS) is 15.9. The van der Waals surface area contributed by atoms with Crippen LogP contribution in [0.1, 0.15) is 5.56 Å². The second-order valence-corrected chi connectivity index (χ2v) is 5.69. The minimum atomic E-state index is 0.726. The van der Waals surface area contributed by atoms with E-state index in [-0.39, 0.29) is 0 Å². The van der Waals surface area contributed by atoms with Gasteiger partial charge in [0, 0.05) is 44.3 Å². The van der Waals surface area contributed by atoms with E-state index in [1.54, 1.807) is 0 Å². The van der Waals surface area contributed by atoms with E-state index in [0.717, 1.165) is 49.4 Å². The summed E-state index contributed by atoms with van der Waals surface area (Å²) in [4.78, 5) is 4.66. The fourth-order valence-electron chi connectivity index (χ4n) is 2.23. The van der Waals surface area contributed by atoms with Gasteiger partial charge >= 0.3 is 0 Å². The van der Waals surface area contributed by atoms with Crippen LogP contribution < -0.4 is 5.32 Å². The van der Waals surface area contributed by atoms with E-state index in [1.165, 1.54) is 5.56 Å². The molecule has 20 heavy (non-hydrogen) atoms. The Labute approximate surface area is 131 Å². The average molecular weight is 310 g/mol. The summed E-state index contributed by atoms with van der Waals surface area (Å²) in [5.74, 6) is 0. The summed E-state index contributed by atoms with van der Waals surface area (Å²) in [7, 11) is 0. The number of rotatable bonds is 4. The average Bonchev–Trinajstić information content (AvgIpc) is 2.48. The maximum absolute atomic E-state index is 5.90. The van der Waals surface area contributed by atoms with E-state index in [4.69, 9.17) is 23.8 Å². The van der Waals surface area contributed by atoms with Crippen LogP contribution in [-0.4, -0.2) is 47.6 Å². The van der Waals surface area contributed by atoms with E-state index in [2.05, 4.69) is 33.8 Å². The molecule has 1 N–H and O–H groups in total. The largest absolute Gasteiger partial charge is 0.359 e. The molecule has 1 fully saturated rings. The first-order chi connectivity index (χ1) is 9.69. The standard InChI is InChI=1S/C15H20ClN3S/c1-2-7-17-15(20)19-10-8-18(9-11-19)12-13-3-5-14(16)6-4-13/h2-6H,1,7-12H2,(H,17,20). The minimum Gasteiger partial charge on any atom is -0.359 e. The molecule has 1 heterocycles. The third-order valence-corrected chi connectivity index (χ3v) is 4.03. The molecule has 0 bridgehead atoms. The Kier molecular flexibility index (Phi) is 5.83. The Morgan fingerprint density at radius 1 is 1.25 bits per heavy atom. The number of piperazine rings is 1. The summed E-state index contributed by atoms with van der Waals surface area (Å²) >= 11 is 11.3. The fourth-order valence-corrected chi connectivity index (χ4v) is 2.62. The third-order valence-electron chi connectivity index (χ3n) is 3.38. The van der Waals surface area contributed by atoms with Crippen LogP contribution in [0.2, 0.25) is 5.02 Å². The first kappa shape index (κ1) is 15.3. The quantitative estimate of drug-likeness (QED) is 0.680. The topological polar surface area (TPSA) is 18.5 Å². The van der Waals surface area contributed by atoms with Crippen molar-refractivity contribution in [2.45, 2.75) is 6.54 Å². The lowest BCUT2D eigenvalue weighted by Gasteiger charge is -2.36. The lowest BCUT2D eigenvalue weighted by atomic mass is 10.2. The molecule has 0 atom stereocenters. The van der Waals surface area contributed by atoms with Gasteiger partial charge < -0.3 is 10.2 Å². The summed E-state index contributed by atoms with van der Waals surface area (Å²) < 4.78 is 0. The summed E-state index contributed by atoms with van der Waals surface area (Å²) in [5, 5.41) is 4.80. The van der Waals surface area contributed by atoms with Crippen molar-refractivity contribution in [3.8, 4) is 0 Å². The van der Waals surface area contributed by atoms with Crippen LogP contribution in [0.3, 0.4) is 0 Å². The van der Waals surface area contributed by atoms with Crippen LogP contribution in [0, 0.1) is 0 Å². The molecule has 1 aromatic carbocycles. The summed E-state index contributed by atoms with van der Waals surface area (Å²) in [6.45, 7) is 9.37. The zero-order chi connectivity index (χ0) is 14.4. The zero-order valence-electron chi connectivity index (χ0n) is 11.5. The van der Waals surface area contributed by atoms with E-state index in [0.29, 0.717) is 0 Å². The molecule has 1 saturated heterocycles. The second-order valence-electron chi connectivity index (χ2n) is 4.86. The van der Waals surface area contributed by atoms with Crippen LogP contribution >= 0.6 is 23.8 Å². The third kappa shape index (κ3) is 4.47. The molecule has 1 aliphatic heterocycles. The van der Waals surface area contributed by atoms with Crippen molar-refractivity contribution in [2.75, 3.05) is 32.7 Å². The van der Waals surface area contributed by atoms with Gasteiger partial charge in [-0.15, -0.1) is 6.58 Å². The molecule has 0 saturated carbocycles. The summed E-state index contributed by atoms with van der Waals surface area (Å²) in [6, 6.07) is 8.07. The van der Waals surface area contributed by atoms with Crippen LogP contribution in [0.5, 0.6) is 0 Å². The number of halogens is 1. The van der Waals surface area contributed by atoms with E-state index in [9.17, 15) is 0 Å². The molecule has 2 rings (SSSR count). The number of nitrogens with one attached hydrogen (secondary N) is 1. The highest BCUT2D eigenvalue weighted by Crippen LogP contribution is 2.12. The summed E-state index contributed by atoms with van der Waals surface area (Å²) in [5.41, 5.74) is 1.30. The predicted octanol–water partition coefficient (Wildman–Crippen LogP) is 2.52. The second kappa shape index (κ2) is 7.62. The molecule has 1 aromatic rings. The molecule has 0 unspecified atom stereocenters. The zero-order valence-corrected chi connectivity index (χ0v) is 13.1. The minimum absolute atomic E-state index is 0.726. The van der Waals surface area contributed by atoms with Crippen molar-refractivity contribution < 1.29 is 0 Å². The van der Waals surface area contributed by atoms with Gasteiger partial charge in [-0.25, -0.2) is 0 Å². The van der Waals surface area contributed by atoms with Crippen molar-refractivity contribution in [1.82, 2.24) is 15.1 Å². The molecular weight excluding hydrogens is 290 g/mol. The van der Waals surface area contributed by atoms with Crippen LogP contribution in [0.4, 0.5) is 0 Å². The lowest BCUT2D eigenvalue weighted by molar-refractivity contribution is 0.175. The van der Waals surface area contributed by atoms with Gasteiger partial charge in [-0.05, 0) is 29.9 Å². The maximum atomic E-state index is 5.90.